The molecule has 0 aromatic heterocycles. The van der Waals surface area contributed by atoms with Crippen LogP contribution >= 0.6 is 0 Å². The van der Waals surface area contributed by atoms with Gasteiger partial charge in [0.1, 0.15) is 5.70 Å². The molecule has 0 aliphatic heterocycles. The van der Waals surface area contributed by atoms with Crippen LogP contribution in [0.4, 0.5) is 0 Å². The Hall–Kier alpha value is -0.990. The van der Waals surface area contributed by atoms with Gasteiger partial charge in [0, 0.05) is 13.1 Å². The number of carboxylic acid groups (broad SMARTS) is 1. The first-order valence-corrected chi connectivity index (χ1v) is 12.4. The Morgan fingerprint density at radius 1 is 0.643 bits per heavy atom. The molecule has 0 aliphatic carbocycles. The SMILES string of the molecule is CCCCCCCCCCCCCCCCCC/C=C(\C(=O)O)N(CC)CC. The Labute approximate surface area is 176 Å². The lowest BCUT2D eigenvalue weighted by Gasteiger charge is -2.21. The quantitative estimate of drug-likeness (QED) is 0.158. The van der Waals surface area contributed by atoms with Crippen molar-refractivity contribution in [2.45, 2.75) is 130 Å². The summed E-state index contributed by atoms with van der Waals surface area (Å²) in [7, 11) is 0. The van der Waals surface area contributed by atoms with Crippen LogP contribution in [0.15, 0.2) is 11.8 Å². The van der Waals surface area contributed by atoms with Gasteiger partial charge < -0.3 is 10.0 Å². The zero-order chi connectivity index (χ0) is 20.9. The smallest absolute Gasteiger partial charge is 0.351 e. The highest BCUT2D eigenvalue weighted by molar-refractivity contribution is 5.85. The molecular weight excluding hydrogens is 346 g/mol. The fourth-order valence-corrected chi connectivity index (χ4v) is 3.85. The molecule has 3 heteroatoms. The molecule has 0 amide bonds. The van der Waals surface area contributed by atoms with E-state index < -0.39 is 5.97 Å². The summed E-state index contributed by atoms with van der Waals surface area (Å²) in [6, 6.07) is 0. The molecule has 1 N–H and O–H groups in total. The summed E-state index contributed by atoms with van der Waals surface area (Å²) in [4.78, 5) is 13.3. The lowest BCUT2D eigenvalue weighted by atomic mass is 10.0. The number of rotatable bonds is 21. The molecule has 0 bridgehead atoms. The van der Waals surface area contributed by atoms with Crippen molar-refractivity contribution in [1.82, 2.24) is 4.90 Å². The third-order valence-corrected chi connectivity index (χ3v) is 5.72. The highest BCUT2D eigenvalue weighted by Crippen LogP contribution is 2.14. The second-order valence-corrected chi connectivity index (χ2v) is 8.16. The Morgan fingerprint density at radius 2 is 1.00 bits per heavy atom. The van der Waals surface area contributed by atoms with E-state index in [1.807, 2.05) is 24.8 Å². The number of carbonyl (C=O) groups is 1. The van der Waals surface area contributed by atoms with Gasteiger partial charge in [-0.15, -0.1) is 0 Å². The summed E-state index contributed by atoms with van der Waals surface area (Å²) in [5, 5.41) is 9.33. The molecule has 0 saturated heterocycles. The molecule has 0 heterocycles. The van der Waals surface area contributed by atoms with Gasteiger partial charge in [-0.05, 0) is 26.7 Å². The second-order valence-electron chi connectivity index (χ2n) is 8.16. The van der Waals surface area contributed by atoms with Gasteiger partial charge in [0.15, 0.2) is 0 Å². The molecule has 0 rings (SSSR count). The fourth-order valence-electron chi connectivity index (χ4n) is 3.85. The number of unbranched alkanes of at least 4 members (excludes halogenated alkanes) is 16. The van der Waals surface area contributed by atoms with Crippen molar-refractivity contribution in [2.24, 2.45) is 0 Å². The van der Waals surface area contributed by atoms with Crippen LogP contribution < -0.4 is 0 Å². The van der Waals surface area contributed by atoms with Crippen molar-refractivity contribution < 1.29 is 9.90 Å². The zero-order valence-electron chi connectivity index (χ0n) is 19.3. The van der Waals surface area contributed by atoms with Crippen LogP contribution in [0.5, 0.6) is 0 Å². The Morgan fingerprint density at radius 3 is 1.32 bits per heavy atom. The number of aliphatic carboxylic acids is 1. The highest BCUT2D eigenvalue weighted by Gasteiger charge is 2.12. The number of likely N-dealkylation sites (N-methyl/N-ethyl adjacent to an activating group) is 1. The maximum Gasteiger partial charge on any atom is 0.351 e. The van der Waals surface area contributed by atoms with Crippen LogP contribution in [0.2, 0.25) is 0 Å². The molecule has 28 heavy (non-hydrogen) atoms. The Balaban J connectivity index is 3.43. The lowest BCUT2D eigenvalue weighted by Crippen LogP contribution is -2.27. The van der Waals surface area contributed by atoms with E-state index in [0.29, 0.717) is 5.70 Å². The van der Waals surface area contributed by atoms with Gasteiger partial charge in [0.2, 0.25) is 0 Å². The van der Waals surface area contributed by atoms with E-state index in [1.165, 1.54) is 96.3 Å². The zero-order valence-corrected chi connectivity index (χ0v) is 19.3. The monoisotopic (exact) mass is 395 g/mol. The van der Waals surface area contributed by atoms with Gasteiger partial charge in [-0.25, -0.2) is 4.79 Å². The number of carboxylic acids is 1. The van der Waals surface area contributed by atoms with E-state index in [4.69, 9.17) is 0 Å². The van der Waals surface area contributed by atoms with Crippen molar-refractivity contribution in [1.29, 1.82) is 0 Å². The van der Waals surface area contributed by atoms with E-state index in [2.05, 4.69) is 6.92 Å². The third kappa shape index (κ3) is 16.0. The summed E-state index contributed by atoms with van der Waals surface area (Å²) < 4.78 is 0. The van der Waals surface area contributed by atoms with Gasteiger partial charge in [-0.3, -0.25) is 0 Å². The average Bonchev–Trinajstić information content (AvgIpc) is 2.69. The lowest BCUT2D eigenvalue weighted by molar-refractivity contribution is -0.134. The molecular formula is C25H49NO2. The summed E-state index contributed by atoms with van der Waals surface area (Å²) in [5.74, 6) is -0.791. The van der Waals surface area contributed by atoms with E-state index in [-0.39, 0.29) is 0 Å². The minimum atomic E-state index is -0.791. The summed E-state index contributed by atoms with van der Waals surface area (Å²) in [6.07, 6.45) is 24.7. The van der Waals surface area contributed by atoms with E-state index >= 15 is 0 Å². The minimum Gasteiger partial charge on any atom is -0.477 e. The van der Waals surface area contributed by atoms with Gasteiger partial charge in [0.25, 0.3) is 0 Å². The average molecular weight is 396 g/mol. The molecule has 0 aromatic carbocycles. The Kier molecular flexibility index (Phi) is 20.0. The van der Waals surface area contributed by atoms with Gasteiger partial charge in [-0.1, -0.05) is 109 Å². The number of allylic oxidation sites excluding steroid dienone is 1. The normalized spacial score (nSPS) is 11.8. The predicted octanol–water partition coefficient (Wildman–Crippen LogP) is 7.95. The summed E-state index contributed by atoms with van der Waals surface area (Å²) in [5.41, 5.74) is 0.478. The molecule has 3 nitrogen and oxygen atoms in total. The van der Waals surface area contributed by atoms with Crippen LogP contribution in [0, 0.1) is 0 Å². The molecule has 0 saturated carbocycles. The fraction of sp³-hybridized carbons (Fsp3) is 0.880. The molecule has 0 unspecified atom stereocenters. The molecule has 0 aromatic rings. The maximum absolute atomic E-state index is 11.4. The van der Waals surface area contributed by atoms with Crippen LogP contribution in [-0.2, 0) is 4.79 Å². The van der Waals surface area contributed by atoms with Crippen LogP contribution in [0.1, 0.15) is 130 Å². The van der Waals surface area contributed by atoms with E-state index in [1.54, 1.807) is 0 Å². The molecule has 0 fully saturated rings. The van der Waals surface area contributed by atoms with Crippen molar-refractivity contribution in [3.05, 3.63) is 11.8 Å². The maximum atomic E-state index is 11.4. The van der Waals surface area contributed by atoms with E-state index in [9.17, 15) is 9.90 Å². The molecule has 166 valence electrons. The highest BCUT2D eigenvalue weighted by atomic mass is 16.4. The largest absolute Gasteiger partial charge is 0.477 e. The van der Waals surface area contributed by atoms with Crippen LogP contribution in [0.3, 0.4) is 0 Å². The van der Waals surface area contributed by atoms with Crippen molar-refractivity contribution in [3.63, 3.8) is 0 Å². The second kappa shape index (κ2) is 20.7. The van der Waals surface area contributed by atoms with Crippen LogP contribution in [-0.4, -0.2) is 29.1 Å². The molecule has 0 radical (unpaired) electrons. The van der Waals surface area contributed by atoms with Crippen molar-refractivity contribution in [3.8, 4) is 0 Å². The molecule has 0 spiro atoms. The summed E-state index contributed by atoms with van der Waals surface area (Å²) >= 11 is 0. The minimum absolute atomic E-state index is 0.478. The van der Waals surface area contributed by atoms with Gasteiger partial charge >= 0.3 is 5.97 Å². The third-order valence-electron chi connectivity index (χ3n) is 5.72. The standard InChI is InChI=1S/C25H49NO2/c1-4-7-8-9-10-11-12-13-14-15-16-17-18-19-20-21-22-23-24(25(27)28)26(5-2)6-3/h23H,4-22H2,1-3H3,(H,27,28)/b24-23+. The van der Waals surface area contributed by atoms with Gasteiger partial charge in [-0.2, -0.15) is 0 Å². The molecule has 0 aliphatic rings. The first-order valence-electron chi connectivity index (χ1n) is 12.4. The number of hydrogen-bond acceptors (Lipinski definition) is 2. The molecule has 0 atom stereocenters. The topological polar surface area (TPSA) is 40.5 Å². The summed E-state index contributed by atoms with van der Waals surface area (Å²) in [6.45, 7) is 7.81. The first-order chi connectivity index (χ1) is 13.7. The predicted molar refractivity (Wildman–Crippen MR) is 123 cm³/mol. The van der Waals surface area contributed by atoms with Crippen LogP contribution in [0.25, 0.3) is 0 Å². The number of nitrogens with zero attached hydrogens (tertiary/aromatic N) is 1. The first kappa shape index (κ1) is 27.0. The van der Waals surface area contributed by atoms with Crippen molar-refractivity contribution >= 4 is 5.97 Å². The van der Waals surface area contributed by atoms with Gasteiger partial charge in [0.05, 0.1) is 0 Å². The Bertz CT molecular complexity index is 375. The van der Waals surface area contributed by atoms with E-state index in [0.717, 1.165) is 25.9 Å². The number of hydrogen-bond donors (Lipinski definition) is 1. The van der Waals surface area contributed by atoms with Crippen molar-refractivity contribution in [2.75, 3.05) is 13.1 Å².